The number of hydrogen-bond donors (Lipinski definition) is 0. The molecular weight excluding hydrogens is 264 g/mol. The van der Waals surface area contributed by atoms with Crippen LogP contribution >= 0.6 is 0 Å². The van der Waals surface area contributed by atoms with E-state index in [1.54, 1.807) is 5.56 Å². The molecule has 0 aliphatic heterocycles. The van der Waals surface area contributed by atoms with Crippen LogP contribution in [0.5, 0.6) is 0 Å². The van der Waals surface area contributed by atoms with Crippen molar-refractivity contribution in [2.24, 2.45) is 0 Å². The molecule has 0 atom stereocenters. The molecule has 1 radical (unpaired) electrons. The van der Waals surface area contributed by atoms with Crippen LogP contribution in [0.2, 0.25) is 0 Å². The fourth-order valence-corrected chi connectivity index (χ4v) is 3.59. The van der Waals surface area contributed by atoms with Crippen molar-refractivity contribution in [2.75, 3.05) is 0 Å². The van der Waals surface area contributed by atoms with Gasteiger partial charge in [-0.2, -0.15) is 0 Å². The van der Waals surface area contributed by atoms with Gasteiger partial charge in [-0.25, -0.2) is 0 Å². The van der Waals surface area contributed by atoms with Gasteiger partial charge in [0.1, 0.15) is 0 Å². The third-order valence-corrected chi connectivity index (χ3v) is 4.65. The highest BCUT2D eigenvalue weighted by molar-refractivity contribution is 5.98. The first-order chi connectivity index (χ1) is 10.8. The van der Waals surface area contributed by atoms with E-state index in [2.05, 4.69) is 69.3 Å². The normalized spacial score (nSPS) is 14.0. The standard InChI is InChI=1S/C22H25/c1-4-9-17-12-8-14-21(20(17)10-5-2)22-15-18-11-6-7-13-19(18)16(22)3/h6-8,11-15H,4-5,9-10H2,1-3H3. The lowest BCUT2D eigenvalue weighted by atomic mass is 9.86. The smallest absolute Gasteiger partial charge is 0.0321 e. The van der Waals surface area contributed by atoms with E-state index in [-0.39, 0.29) is 0 Å². The maximum absolute atomic E-state index is 2.37. The third kappa shape index (κ3) is 2.63. The Labute approximate surface area is 134 Å². The molecule has 3 rings (SSSR count). The summed E-state index contributed by atoms with van der Waals surface area (Å²) in [6.45, 7) is 6.81. The molecule has 0 unspecified atom stereocenters. The largest absolute Gasteiger partial charge is 0.0651 e. The lowest BCUT2D eigenvalue weighted by Gasteiger charge is -2.18. The highest BCUT2D eigenvalue weighted by Crippen LogP contribution is 2.42. The average Bonchev–Trinajstić information content (AvgIpc) is 2.87. The van der Waals surface area contributed by atoms with E-state index >= 15 is 0 Å². The molecule has 0 spiro atoms. The Morgan fingerprint density at radius 2 is 1.50 bits per heavy atom. The highest BCUT2D eigenvalue weighted by atomic mass is 14.3. The molecule has 22 heavy (non-hydrogen) atoms. The molecule has 0 bridgehead atoms. The Morgan fingerprint density at radius 3 is 2.23 bits per heavy atom. The molecule has 0 heterocycles. The molecule has 1 aliphatic carbocycles. The fraction of sp³-hybridized carbons (Fsp3) is 0.318. The summed E-state index contributed by atoms with van der Waals surface area (Å²) in [5, 5.41) is 0. The Hall–Kier alpha value is -1.82. The molecule has 0 saturated carbocycles. The van der Waals surface area contributed by atoms with E-state index in [4.69, 9.17) is 0 Å². The number of rotatable bonds is 5. The first kappa shape index (κ1) is 15.1. The summed E-state index contributed by atoms with van der Waals surface area (Å²) in [4.78, 5) is 0. The monoisotopic (exact) mass is 289 g/mol. The van der Waals surface area contributed by atoms with Gasteiger partial charge in [-0.3, -0.25) is 0 Å². The molecule has 113 valence electrons. The maximum Gasteiger partial charge on any atom is 0.0321 e. The van der Waals surface area contributed by atoms with E-state index in [0.29, 0.717) is 0 Å². The van der Waals surface area contributed by atoms with Crippen LogP contribution in [0.25, 0.3) is 11.6 Å². The van der Waals surface area contributed by atoms with Crippen LogP contribution in [0.1, 0.15) is 61.4 Å². The Kier molecular flexibility index (Phi) is 4.47. The SMILES string of the molecule is CCCc1cccc(C2=Cc3ccccc3[C]2C)c1CCC. The minimum atomic E-state index is 1.17. The van der Waals surface area contributed by atoms with Gasteiger partial charge in [-0.15, -0.1) is 0 Å². The van der Waals surface area contributed by atoms with E-state index in [0.717, 1.165) is 0 Å². The van der Waals surface area contributed by atoms with Gasteiger partial charge < -0.3 is 0 Å². The van der Waals surface area contributed by atoms with E-state index in [1.807, 2.05) is 0 Å². The van der Waals surface area contributed by atoms with Crippen molar-refractivity contribution in [1.82, 2.24) is 0 Å². The zero-order chi connectivity index (χ0) is 15.5. The molecule has 2 aromatic carbocycles. The number of fused-ring (bicyclic) bond motifs is 1. The van der Waals surface area contributed by atoms with Crippen molar-refractivity contribution in [3.63, 3.8) is 0 Å². The summed E-state index contributed by atoms with van der Waals surface area (Å²) in [5.74, 6) is 1.42. The van der Waals surface area contributed by atoms with Crippen LogP contribution in [-0.4, -0.2) is 0 Å². The second kappa shape index (κ2) is 6.52. The highest BCUT2D eigenvalue weighted by Gasteiger charge is 2.24. The van der Waals surface area contributed by atoms with E-state index < -0.39 is 0 Å². The maximum atomic E-state index is 2.37. The predicted octanol–water partition coefficient (Wildman–Crippen LogP) is 6.09. The second-order valence-electron chi connectivity index (χ2n) is 6.21. The number of hydrogen-bond acceptors (Lipinski definition) is 0. The lowest BCUT2D eigenvalue weighted by molar-refractivity contribution is 0.858. The van der Waals surface area contributed by atoms with Crippen molar-refractivity contribution >= 4 is 11.6 Å². The number of benzene rings is 2. The van der Waals surface area contributed by atoms with Crippen LogP contribution < -0.4 is 0 Å². The van der Waals surface area contributed by atoms with Crippen LogP contribution in [0, 0.1) is 5.92 Å². The number of aryl methyl sites for hydroxylation is 1. The minimum Gasteiger partial charge on any atom is -0.0651 e. The summed E-state index contributed by atoms with van der Waals surface area (Å²) in [6.07, 6.45) is 7.14. The van der Waals surface area contributed by atoms with Crippen molar-refractivity contribution in [2.45, 2.75) is 46.5 Å². The van der Waals surface area contributed by atoms with Crippen molar-refractivity contribution in [3.8, 4) is 0 Å². The molecule has 0 amide bonds. The quantitative estimate of drug-likeness (QED) is 0.625. The molecule has 2 aromatic rings. The topological polar surface area (TPSA) is 0 Å². The van der Waals surface area contributed by atoms with Gasteiger partial charge in [0.2, 0.25) is 0 Å². The second-order valence-corrected chi connectivity index (χ2v) is 6.21. The van der Waals surface area contributed by atoms with E-state index in [1.165, 1.54) is 59.4 Å². The lowest BCUT2D eigenvalue weighted by Crippen LogP contribution is -2.02. The summed E-state index contributed by atoms with van der Waals surface area (Å²) < 4.78 is 0. The Bertz CT molecular complexity index is 691. The summed E-state index contributed by atoms with van der Waals surface area (Å²) in [5.41, 5.74) is 8.71. The van der Waals surface area contributed by atoms with Gasteiger partial charge in [-0.05, 0) is 52.3 Å². The average molecular weight is 289 g/mol. The van der Waals surface area contributed by atoms with Crippen LogP contribution in [-0.2, 0) is 12.8 Å². The van der Waals surface area contributed by atoms with Gasteiger partial charge in [0.25, 0.3) is 0 Å². The van der Waals surface area contributed by atoms with Crippen LogP contribution in [0.3, 0.4) is 0 Å². The van der Waals surface area contributed by atoms with Gasteiger partial charge in [0, 0.05) is 5.92 Å². The van der Waals surface area contributed by atoms with Gasteiger partial charge >= 0.3 is 0 Å². The molecule has 0 N–H and O–H groups in total. The van der Waals surface area contributed by atoms with Crippen molar-refractivity contribution < 1.29 is 0 Å². The third-order valence-electron chi connectivity index (χ3n) is 4.65. The molecule has 0 nitrogen and oxygen atoms in total. The Balaban J connectivity index is 2.08. The van der Waals surface area contributed by atoms with Gasteiger partial charge in [-0.1, -0.05) is 76.1 Å². The molecule has 1 aliphatic rings. The zero-order valence-electron chi connectivity index (χ0n) is 13.9. The fourth-order valence-electron chi connectivity index (χ4n) is 3.59. The summed E-state index contributed by atoms with van der Waals surface area (Å²) >= 11 is 0. The summed E-state index contributed by atoms with van der Waals surface area (Å²) in [7, 11) is 0. The molecule has 0 aromatic heterocycles. The number of allylic oxidation sites excluding steroid dienone is 1. The minimum absolute atomic E-state index is 1.17. The first-order valence-corrected chi connectivity index (χ1v) is 8.52. The molecule has 0 heteroatoms. The summed E-state index contributed by atoms with van der Waals surface area (Å²) in [6, 6.07) is 15.6. The van der Waals surface area contributed by atoms with Crippen molar-refractivity contribution in [1.29, 1.82) is 0 Å². The van der Waals surface area contributed by atoms with Gasteiger partial charge in [0.15, 0.2) is 0 Å². The zero-order valence-corrected chi connectivity index (χ0v) is 13.9. The molecule has 0 fully saturated rings. The van der Waals surface area contributed by atoms with E-state index in [9.17, 15) is 0 Å². The van der Waals surface area contributed by atoms with Gasteiger partial charge in [0.05, 0.1) is 0 Å². The molecule has 0 saturated heterocycles. The Morgan fingerprint density at radius 1 is 0.773 bits per heavy atom. The van der Waals surface area contributed by atoms with Crippen LogP contribution in [0.4, 0.5) is 0 Å². The van der Waals surface area contributed by atoms with Crippen LogP contribution in [0.15, 0.2) is 42.5 Å². The van der Waals surface area contributed by atoms with Crippen molar-refractivity contribution in [3.05, 3.63) is 76.2 Å². The molecular formula is C22H25. The predicted molar refractivity (Wildman–Crippen MR) is 96.8 cm³/mol. The first-order valence-electron chi connectivity index (χ1n) is 8.52.